The van der Waals surface area contributed by atoms with Crippen molar-refractivity contribution in [2.24, 2.45) is 0 Å². The number of carbonyl (C=O) groups excluding carboxylic acids is 1. The van der Waals surface area contributed by atoms with Crippen LogP contribution >= 0.6 is 11.8 Å². The van der Waals surface area contributed by atoms with Crippen molar-refractivity contribution < 1.29 is 18.7 Å². The number of oxazole rings is 1. The number of aromatic nitrogens is 2. The summed E-state index contributed by atoms with van der Waals surface area (Å²) in [6.45, 7) is 2.98. The number of anilines is 1. The normalized spacial score (nSPS) is 14.2. The molecule has 134 valence electrons. The van der Waals surface area contributed by atoms with Crippen LogP contribution in [0.25, 0.3) is 11.2 Å². The minimum Gasteiger partial charge on any atom is -0.486 e. The van der Waals surface area contributed by atoms with E-state index in [1.54, 1.807) is 36.5 Å². The molecule has 4 rings (SSSR count). The second-order valence-electron chi connectivity index (χ2n) is 5.67. The third-order valence-corrected chi connectivity index (χ3v) is 5.07. The van der Waals surface area contributed by atoms with E-state index < -0.39 is 0 Å². The summed E-state index contributed by atoms with van der Waals surface area (Å²) in [5.74, 6) is 1.21. The van der Waals surface area contributed by atoms with E-state index in [4.69, 9.17) is 13.9 Å². The molecule has 0 saturated heterocycles. The van der Waals surface area contributed by atoms with E-state index in [2.05, 4.69) is 15.3 Å². The van der Waals surface area contributed by atoms with E-state index in [9.17, 15) is 4.79 Å². The average Bonchev–Trinajstić information content (AvgIpc) is 3.08. The molecule has 0 unspecified atom stereocenters. The van der Waals surface area contributed by atoms with Gasteiger partial charge in [-0.15, -0.1) is 0 Å². The molecule has 7 nitrogen and oxygen atoms in total. The number of thioether (sulfide) groups is 1. The Bertz CT molecular complexity index is 910. The quantitative estimate of drug-likeness (QED) is 0.687. The van der Waals surface area contributed by atoms with Gasteiger partial charge in [0.2, 0.25) is 5.91 Å². The standard InChI is InChI=1S/C18H17N3O4S/c1-2-15(26-18-21-16-13(25-18)4-3-7-19-16)17(22)20-11-5-6-12-14(10-11)24-9-8-23-12/h3-7,10,15H,2,8-9H2,1H3,(H,20,22)/t15-/m0/s1. The fourth-order valence-electron chi connectivity index (χ4n) is 2.59. The molecule has 1 atom stereocenters. The Morgan fingerprint density at radius 3 is 2.92 bits per heavy atom. The Labute approximate surface area is 154 Å². The molecule has 1 aromatic carbocycles. The smallest absolute Gasteiger partial charge is 0.259 e. The Balaban J connectivity index is 1.46. The van der Waals surface area contributed by atoms with Gasteiger partial charge in [-0.05, 0) is 30.7 Å². The third kappa shape index (κ3) is 3.45. The van der Waals surface area contributed by atoms with Gasteiger partial charge in [-0.25, -0.2) is 4.98 Å². The van der Waals surface area contributed by atoms with Gasteiger partial charge < -0.3 is 19.2 Å². The molecule has 0 saturated carbocycles. The average molecular weight is 371 g/mol. The zero-order valence-electron chi connectivity index (χ0n) is 14.1. The highest BCUT2D eigenvalue weighted by atomic mass is 32.2. The van der Waals surface area contributed by atoms with Crippen molar-refractivity contribution in [2.75, 3.05) is 18.5 Å². The summed E-state index contributed by atoms with van der Waals surface area (Å²) in [6, 6.07) is 8.95. The van der Waals surface area contributed by atoms with Gasteiger partial charge in [-0.3, -0.25) is 4.79 Å². The lowest BCUT2D eigenvalue weighted by molar-refractivity contribution is -0.115. The summed E-state index contributed by atoms with van der Waals surface area (Å²) < 4.78 is 16.7. The van der Waals surface area contributed by atoms with Crippen LogP contribution in [-0.2, 0) is 4.79 Å². The second kappa shape index (κ2) is 7.25. The molecule has 26 heavy (non-hydrogen) atoms. The lowest BCUT2D eigenvalue weighted by Gasteiger charge is -2.19. The molecule has 1 amide bonds. The molecule has 3 heterocycles. The zero-order valence-corrected chi connectivity index (χ0v) is 14.9. The van der Waals surface area contributed by atoms with Crippen molar-refractivity contribution in [2.45, 2.75) is 23.8 Å². The predicted molar refractivity (Wildman–Crippen MR) is 97.8 cm³/mol. The van der Waals surface area contributed by atoms with Crippen LogP contribution in [0.4, 0.5) is 5.69 Å². The van der Waals surface area contributed by atoms with Crippen LogP contribution < -0.4 is 14.8 Å². The summed E-state index contributed by atoms with van der Waals surface area (Å²) in [5.41, 5.74) is 1.81. The number of amides is 1. The van der Waals surface area contributed by atoms with Crippen LogP contribution in [0.5, 0.6) is 11.5 Å². The van der Waals surface area contributed by atoms with Crippen LogP contribution in [-0.4, -0.2) is 34.3 Å². The van der Waals surface area contributed by atoms with Gasteiger partial charge in [0.25, 0.3) is 5.22 Å². The molecule has 0 spiro atoms. The van der Waals surface area contributed by atoms with E-state index >= 15 is 0 Å². The van der Waals surface area contributed by atoms with E-state index in [-0.39, 0.29) is 11.2 Å². The van der Waals surface area contributed by atoms with Crippen molar-refractivity contribution in [3.05, 3.63) is 36.5 Å². The first-order valence-corrected chi connectivity index (χ1v) is 9.19. The van der Waals surface area contributed by atoms with Crippen LogP contribution in [0.15, 0.2) is 46.2 Å². The molecule has 0 aliphatic carbocycles. The van der Waals surface area contributed by atoms with Gasteiger partial charge in [-0.2, -0.15) is 4.98 Å². The van der Waals surface area contributed by atoms with Crippen LogP contribution in [0.1, 0.15) is 13.3 Å². The van der Waals surface area contributed by atoms with Crippen molar-refractivity contribution in [3.8, 4) is 11.5 Å². The lowest BCUT2D eigenvalue weighted by Crippen LogP contribution is -2.24. The maximum Gasteiger partial charge on any atom is 0.259 e. The van der Waals surface area contributed by atoms with Gasteiger partial charge >= 0.3 is 0 Å². The fraction of sp³-hybridized carbons (Fsp3) is 0.278. The second-order valence-corrected chi connectivity index (χ2v) is 6.82. The third-order valence-electron chi connectivity index (χ3n) is 3.86. The summed E-state index contributed by atoms with van der Waals surface area (Å²) in [7, 11) is 0. The highest BCUT2D eigenvalue weighted by Crippen LogP contribution is 2.33. The molecule has 1 N–H and O–H groups in total. The minimum atomic E-state index is -0.337. The Hall–Kier alpha value is -2.74. The van der Waals surface area contributed by atoms with Crippen molar-refractivity contribution in [3.63, 3.8) is 0 Å². The highest BCUT2D eigenvalue weighted by Gasteiger charge is 2.22. The Kier molecular flexibility index (Phi) is 4.66. The number of ether oxygens (including phenoxy) is 2. The first kappa shape index (κ1) is 16.7. The van der Waals surface area contributed by atoms with Crippen molar-refractivity contribution in [1.29, 1.82) is 0 Å². The van der Waals surface area contributed by atoms with E-state index in [0.717, 1.165) is 0 Å². The monoisotopic (exact) mass is 371 g/mol. The van der Waals surface area contributed by atoms with Gasteiger partial charge in [0.05, 0.1) is 5.25 Å². The molecular formula is C18H17N3O4S. The summed E-state index contributed by atoms with van der Waals surface area (Å²) in [6.07, 6.45) is 2.29. The zero-order chi connectivity index (χ0) is 17.9. The highest BCUT2D eigenvalue weighted by molar-refractivity contribution is 8.00. The lowest BCUT2D eigenvalue weighted by atomic mass is 10.2. The van der Waals surface area contributed by atoms with Gasteiger partial charge in [0, 0.05) is 18.0 Å². The van der Waals surface area contributed by atoms with E-state index in [1.165, 1.54) is 11.8 Å². The molecule has 0 fully saturated rings. The number of nitrogens with zero attached hydrogens (tertiary/aromatic N) is 2. The predicted octanol–water partition coefficient (Wildman–Crippen LogP) is 3.50. The molecule has 1 aliphatic heterocycles. The summed E-state index contributed by atoms with van der Waals surface area (Å²) >= 11 is 1.28. The first-order chi connectivity index (χ1) is 12.7. The number of nitrogens with one attached hydrogen (secondary N) is 1. The number of benzene rings is 1. The molecule has 1 aliphatic rings. The van der Waals surface area contributed by atoms with Crippen molar-refractivity contribution in [1.82, 2.24) is 9.97 Å². The van der Waals surface area contributed by atoms with Gasteiger partial charge in [0.15, 0.2) is 22.7 Å². The summed E-state index contributed by atoms with van der Waals surface area (Å²) in [4.78, 5) is 21.1. The first-order valence-electron chi connectivity index (χ1n) is 8.31. The largest absolute Gasteiger partial charge is 0.486 e. The molecule has 3 aromatic rings. The van der Waals surface area contributed by atoms with Gasteiger partial charge in [-0.1, -0.05) is 18.7 Å². The number of fused-ring (bicyclic) bond motifs is 2. The molecule has 0 radical (unpaired) electrons. The minimum absolute atomic E-state index is 0.121. The number of rotatable bonds is 5. The van der Waals surface area contributed by atoms with Crippen LogP contribution in [0.3, 0.4) is 0 Å². The number of hydrogen-bond donors (Lipinski definition) is 1. The fourth-order valence-corrected chi connectivity index (χ4v) is 3.44. The van der Waals surface area contributed by atoms with Crippen LogP contribution in [0.2, 0.25) is 0 Å². The van der Waals surface area contributed by atoms with E-state index in [0.29, 0.717) is 53.3 Å². The number of carbonyl (C=O) groups is 1. The molecular weight excluding hydrogens is 354 g/mol. The summed E-state index contributed by atoms with van der Waals surface area (Å²) in [5, 5.41) is 3.01. The van der Waals surface area contributed by atoms with Gasteiger partial charge in [0.1, 0.15) is 13.2 Å². The number of hydrogen-bond acceptors (Lipinski definition) is 7. The topological polar surface area (TPSA) is 86.5 Å². The van der Waals surface area contributed by atoms with Crippen LogP contribution in [0, 0.1) is 0 Å². The Morgan fingerprint density at radius 2 is 2.12 bits per heavy atom. The van der Waals surface area contributed by atoms with Crippen molar-refractivity contribution >= 4 is 34.6 Å². The molecule has 8 heteroatoms. The Morgan fingerprint density at radius 1 is 1.27 bits per heavy atom. The SMILES string of the molecule is CC[C@H](Sc1nc2ncccc2o1)C(=O)Nc1ccc2c(c1)OCCO2. The number of pyridine rings is 1. The molecule has 2 aromatic heterocycles. The van der Waals surface area contributed by atoms with E-state index in [1.807, 2.05) is 6.92 Å². The maximum absolute atomic E-state index is 12.6. The maximum atomic E-state index is 12.6. The molecule has 0 bridgehead atoms.